The van der Waals surface area contributed by atoms with Gasteiger partial charge < -0.3 is 9.64 Å². The van der Waals surface area contributed by atoms with E-state index in [1.165, 1.54) is 0 Å². The predicted octanol–water partition coefficient (Wildman–Crippen LogP) is 3.25. The zero-order valence-electron chi connectivity index (χ0n) is 12.9. The van der Waals surface area contributed by atoms with Crippen LogP contribution in [-0.2, 0) is 9.53 Å². The lowest BCUT2D eigenvalue weighted by Gasteiger charge is -2.38. The van der Waals surface area contributed by atoms with Gasteiger partial charge in [0.25, 0.3) is 0 Å². The van der Waals surface area contributed by atoms with Gasteiger partial charge in [0.15, 0.2) is 0 Å². The van der Waals surface area contributed by atoms with Gasteiger partial charge in [-0.3, -0.25) is 4.79 Å². The van der Waals surface area contributed by atoms with E-state index in [9.17, 15) is 9.59 Å². The molecule has 0 aliphatic carbocycles. The highest BCUT2D eigenvalue weighted by Gasteiger charge is 2.34. The first-order chi connectivity index (χ1) is 8.74. The summed E-state index contributed by atoms with van der Waals surface area (Å²) >= 11 is 0. The van der Waals surface area contributed by atoms with Gasteiger partial charge in [-0.25, -0.2) is 4.79 Å². The van der Waals surface area contributed by atoms with E-state index < -0.39 is 5.60 Å². The van der Waals surface area contributed by atoms with E-state index in [0.29, 0.717) is 13.1 Å². The highest BCUT2D eigenvalue weighted by Crippen LogP contribution is 2.29. The average Bonchev–Trinajstić information content (AvgIpc) is 2.26. The predicted molar refractivity (Wildman–Crippen MR) is 75.0 cm³/mol. The lowest BCUT2D eigenvalue weighted by Crippen LogP contribution is -2.47. The third-order valence-corrected chi connectivity index (χ3v) is 3.57. The molecule has 4 nitrogen and oxygen atoms in total. The molecule has 0 spiro atoms. The van der Waals surface area contributed by atoms with Crippen molar-refractivity contribution in [3.05, 3.63) is 0 Å². The van der Waals surface area contributed by atoms with Crippen LogP contribution in [0.25, 0.3) is 0 Å². The highest BCUT2D eigenvalue weighted by atomic mass is 16.6. The minimum Gasteiger partial charge on any atom is -0.444 e. The van der Waals surface area contributed by atoms with Crippen molar-refractivity contribution in [2.45, 2.75) is 59.5 Å². The number of carbonyl (C=O) groups excluding carboxylic acids is 2. The van der Waals surface area contributed by atoms with Crippen molar-refractivity contribution in [2.24, 2.45) is 11.8 Å². The Hall–Kier alpha value is -1.06. The molecule has 110 valence electrons. The van der Waals surface area contributed by atoms with Gasteiger partial charge in [0.05, 0.1) is 0 Å². The molecule has 0 radical (unpaired) electrons. The second-order valence-corrected chi connectivity index (χ2v) is 6.48. The topological polar surface area (TPSA) is 46.6 Å². The summed E-state index contributed by atoms with van der Waals surface area (Å²) in [6.07, 6.45) is 2.54. The zero-order valence-corrected chi connectivity index (χ0v) is 12.9. The maximum absolute atomic E-state index is 12.1. The van der Waals surface area contributed by atoms with Gasteiger partial charge in [-0.15, -0.1) is 0 Å². The van der Waals surface area contributed by atoms with Crippen LogP contribution in [-0.4, -0.2) is 35.5 Å². The molecule has 1 aliphatic heterocycles. The van der Waals surface area contributed by atoms with E-state index in [1.54, 1.807) is 11.8 Å². The fraction of sp³-hybridized carbons (Fsp3) is 0.867. The fourth-order valence-electron chi connectivity index (χ4n) is 2.72. The van der Waals surface area contributed by atoms with E-state index in [1.807, 2.05) is 20.8 Å². The Balaban J connectivity index is 2.65. The molecule has 1 saturated heterocycles. The molecular formula is C15H27NO3. The Morgan fingerprint density at radius 3 is 2.42 bits per heavy atom. The molecule has 0 aromatic heterocycles. The molecule has 1 aliphatic rings. The highest BCUT2D eigenvalue weighted by molar-refractivity contribution is 5.79. The largest absolute Gasteiger partial charge is 0.444 e. The maximum atomic E-state index is 12.1. The van der Waals surface area contributed by atoms with Gasteiger partial charge in [-0.1, -0.05) is 13.3 Å². The summed E-state index contributed by atoms with van der Waals surface area (Å²) in [6.45, 7) is 10.7. The summed E-state index contributed by atoms with van der Waals surface area (Å²) in [4.78, 5) is 25.5. The monoisotopic (exact) mass is 269 g/mol. The third kappa shape index (κ3) is 4.84. The van der Waals surface area contributed by atoms with Crippen LogP contribution in [0.3, 0.4) is 0 Å². The second-order valence-electron chi connectivity index (χ2n) is 6.48. The lowest BCUT2D eigenvalue weighted by molar-refractivity contribution is -0.124. The first-order valence-electron chi connectivity index (χ1n) is 7.23. The minimum atomic E-state index is -0.464. The SMILES string of the molecule is CCCC1CN(C(=O)OC(C)(C)C)CCC1C(C)=O. The number of rotatable bonds is 3. The Bertz CT molecular complexity index is 333. The van der Waals surface area contributed by atoms with Crippen molar-refractivity contribution in [2.75, 3.05) is 13.1 Å². The van der Waals surface area contributed by atoms with Crippen LogP contribution in [0.4, 0.5) is 4.79 Å². The third-order valence-electron chi connectivity index (χ3n) is 3.57. The molecule has 0 N–H and O–H groups in total. The van der Waals surface area contributed by atoms with Crippen LogP contribution in [0.5, 0.6) is 0 Å². The Kier molecular flexibility index (Phi) is 5.39. The van der Waals surface area contributed by atoms with Crippen molar-refractivity contribution in [1.29, 1.82) is 0 Å². The summed E-state index contributed by atoms with van der Waals surface area (Å²) < 4.78 is 5.40. The number of Topliss-reactive ketones (excluding diaryl/α,β-unsaturated/α-hetero) is 1. The van der Waals surface area contributed by atoms with Crippen LogP contribution in [0.2, 0.25) is 0 Å². The van der Waals surface area contributed by atoms with Crippen LogP contribution < -0.4 is 0 Å². The Morgan fingerprint density at radius 2 is 1.95 bits per heavy atom. The maximum Gasteiger partial charge on any atom is 0.410 e. The van der Waals surface area contributed by atoms with Crippen molar-refractivity contribution < 1.29 is 14.3 Å². The minimum absolute atomic E-state index is 0.110. The lowest BCUT2D eigenvalue weighted by atomic mass is 9.80. The van der Waals surface area contributed by atoms with E-state index in [4.69, 9.17) is 4.74 Å². The number of hydrogen-bond donors (Lipinski definition) is 0. The Labute approximate surface area is 116 Å². The Morgan fingerprint density at radius 1 is 1.32 bits per heavy atom. The molecule has 0 bridgehead atoms. The van der Waals surface area contributed by atoms with Crippen molar-refractivity contribution in [1.82, 2.24) is 4.90 Å². The average molecular weight is 269 g/mol. The molecule has 0 aromatic rings. The molecule has 1 rings (SSSR count). The quantitative estimate of drug-likeness (QED) is 0.790. The molecular weight excluding hydrogens is 242 g/mol. The van der Waals surface area contributed by atoms with E-state index in [0.717, 1.165) is 19.3 Å². The number of nitrogens with zero attached hydrogens (tertiary/aromatic N) is 1. The first-order valence-corrected chi connectivity index (χ1v) is 7.23. The molecule has 1 amide bonds. The van der Waals surface area contributed by atoms with Gasteiger partial charge in [-0.2, -0.15) is 0 Å². The van der Waals surface area contributed by atoms with Crippen LogP contribution in [0.1, 0.15) is 53.9 Å². The summed E-state index contributed by atoms with van der Waals surface area (Å²) in [5.41, 5.74) is -0.464. The van der Waals surface area contributed by atoms with E-state index >= 15 is 0 Å². The summed E-state index contributed by atoms with van der Waals surface area (Å²) in [5, 5.41) is 0. The second kappa shape index (κ2) is 6.40. The van der Waals surface area contributed by atoms with Gasteiger partial charge in [0.2, 0.25) is 0 Å². The molecule has 0 aromatic carbocycles. The molecule has 1 fully saturated rings. The molecule has 1 heterocycles. The van der Waals surface area contributed by atoms with Crippen LogP contribution in [0, 0.1) is 11.8 Å². The van der Waals surface area contributed by atoms with Gasteiger partial charge >= 0.3 is 6.09 Å². The number of piperidine rings is 1. The van der Waals surface area contributed by atoms with Gasteiger partial charge in [0, 0.05) is 19.0 Å². The van der Waals surface area contributed by atoms with E-state index in [-0.39, 0.29) is 23.7 Å². The molecule has 19 heavy (non-hydrogen) atoms. The summed E-state index contributed by atoms with van der Waals surface area (Å²) in [5.74, 6) is 0.643. The summed E-state index contributed by atoms with van der Waals surface area (Å²) in [6, 6.07) is 0. The van der Waals surface area contributed by atoms with Crippen LogP contribution >= 0.6 is 0 Å². The van der Waals surface area contributed by atoms with E-state index in [2.05, 4.69) is 6.92 Å². The van der Waals surface area contributed by atoms with Gasteiger partial charge in [-0.05, 0) is 46.5 Å². The number of carbonyl (C=O) groups is 2. The number of ketones is 1. The van der Waals surface area contributed by atoms with Gasteiger partial charge in [0.1, 0.15) is 11.4 Å². The number of hydrogen-bond acceptors (Lipinski definition) is 3. The first kappa shape index (κ1) is 16.0. The summed E-state index contributed by atoms with van der Waals surface area (Å²) in [7, 11) is 0. The molecule has 0 saturated carbocycles. The number of likely N-dealkylation sites (tertiary alicyclic amines) is 1. The van der Waals surface area contributed by atoms with Crippen LogP contribution in [0.15, 0.2) is 0 Å². The zero-order chi connectivity index (χ0) is 14.6. The van der Waals surface area contributed by atoms with Crippen molar-refractivity contribution >= 4 is 11.9 Å². The number of amides is 1. The smallest absolute Gasteiger partial charge is 0.410 e. The number of ether oxygens (including phenoxy) is 1. The molecule has 4 heteroatoms. The molecule has 2 unspecified atom stereocenters. The fourth-order valence-corrected chi connectivity index (χ4v) is 2.72. The normalized spacial score (nSPS) is 24.2. The van der Waals surface area contributed by atoms with Crippen molar-refractivity contribution in [3.63, 3.8) is 0 Å². The van der Waals surface area contributed by atoms with Crippen molar-refractivity contribution in [3.8, 4) is 0 Å². The molecule has 2 atom stereocenters. The standard InChI is InChI=1S/C15H27NO3/c1-6-7-12-10-16(9-8-13(12)11(2)17)14(18)19-15(3,4)5/h12-13H,6-10H2,1-5H3.